The monoisotopic (exact) mass is 304 g/mol. The van der Waals surface area contributed by atoms with Crippen molar-refractivity contribution in [3.8, 4) is 0 Å². The number of benzene rings is 1. The van der Waals surface area contributed by atoms with E-state index in [-0.39, 0.29) is 5.91 Å². The van der Waals surface area contributed by atoms with Crippen LogP contribution < -0.4 is 10.2 Å². The number of para-hydroxylation sites is 1. The van der Waals surface area contributed by atoms with Crippen LogP contribution in [0.1, 0.15) is 5.56 Å². The van der Waals surface area contributed by atoms with E-state index in [2.05, 4.69) is 10.7 Å². The quantitative estimate of drug-likeness (QED) is 0.762. The normalized spacial score (nSPS) is 10.5. The molecule has 0 atom stereocenters. The lowest BCUT2D eigenvalue weighted by molar-refractivity contribution is -0.118. The molecule has 0 saturated heterocycles. The third kappa shape index (κ3) is 4.97. The highest BCUT2D eigenvalue weighted by atomic mass is 32.1. The van der Waals surface area contributed by atoms with E-state index in [4.69, 9.17) is 4.74 Å². The molecule has 0 aliphatic carbocycles. The Morgan fingerprint density at radius 1 is 1.29 bits per heavy atom. The van der Waals surface area contributed by atoms with E-state index in [1.807, 2.05) is 46.7 Å². The molecule has 112 valence electrons. The van der Waals surface area contributed by atoms with Crippen molar-refractivity contribution >= 4 is 22.9 Å². The smallest absolute Gasteiger partial charge is 0.241 e. The molecule has 0 aliphatic heterocycles. The molecule has 1 N–H and O–H groups in total. The van der Waals surface area contributed by atoms with Gasteiger partial charge in [0.1, 0.15) is 0 Å². The van der Waals surface area contributed by atoms with Gasteiger partial charge in [0.15, 0.2) is 0 Å². The van der Waals surface area contributed by atoms with Gasteiger partial charge in [-0.3, -0.25) is 4.79 Å². The highest BCUT2D eigenvalue weighted by Gasteiger charge is 2.15. The standard InChI is InChI=1S/C16H20N2O2S/c1-20-9-8-17-11-16(19)18(12-14-7-10-21-13-14)15-5-3-2-4-6-15/h2-7,10,13,17H,8-9,11-12H2,1H3. The third-order valence-electron chi connectivity index (χ3n) is 3.05. The van der Waals surface area contributed by atoms with Crippen molar-refractivity contribution in [3.63, 3.8) is 0 Å². The van der Waals surface area contributed by atoms with E-state index in [1.165, 1.54) is 0 Å². The second-order valence-electron chi connectivity index (χ2n) is 4.62. The fraction of sp³-hybridized carbons (Fsp3) is 0.312. The fourth-order valence-electron chi connectivity index (χ4n) is 1.96. The third-order valence-corrected chi connectivity index (χ3v) is 3.78. The van der Waals surface area contributed by atoms with Gasteiger partial charge in [-0.05, 0) is 34.5 Å². The molecule has 4 nitrogen and oxygen atoms in total. The van der Waals surface area contributed by atoms with Gasteiger partial charge in [0.25, 0.3) is 0 Å². The molecule has 2 aromatic rings. The van der Waals surface area contributed by atoms with Crippen molar-refractivity contribution in [2.75, 3.05) is 31.7 Å². The maximum atomic E-state index is 12.5. The largest absolute Gasteiger partial charge is 0.383 e. The zero-order valence-corrected chi connectivity index (χ0v) is 12.9. The van der Waals surface area contributed by atoms with E-state index in [1.54, 1.807) is 18.4 Å². The van der Waals surface area contributed by atoms with Crippen LogP contribution in [0, 0.1) is 0 Å². The summed E-state index contributed by atoms with van der Waals surface area (Å²) in [5, 5.41) is 7.20. The van der Waals surface area contributed by atoms with Gasteiger partial charge in [0.2, 0.25) is 5.91 Å². The lowest BCUT2D eigenvalue weighted by Crippen LogP contribution is -2.38. The molecule has 0 radical (unpaired) electrons. The number of amides is 1. The Labute approximate surface area is 129 Å². The molecule has 0 unspecified atom stereocenters. The molecule has 0 aliphatic rings. The van der Waals surface area contributed by atoms with Gasteiger partial charge in [-0.1, -0.05) is 18.2 Å². The van der Waals surface area contributed by atoms with Gasteiger partial charge in [0.05, 0.1) is 19.7 Å². The Morgan fingerprint density at radius 2 is 2.10 bits per heavy atom. The second kappa shape index (κ2) is 8.56. The summed E-state index contributed by atoms with van der Waals surface area (Å²) in [6, 6.07) is 11.8. The van der Waals surface area contributed by atoms with E-state index in [0.717, 1.165) is 11.3 Å². The van der Waals surface area contributed by atoms with Crippen LogP contribution in [0.5, 0.6) is 0 Å². The molecule has 0 spiro atoms. The zero-order valence-electron chi connectivity index (χ0n) is 12.1. The molecule has 0 bridgehead atoms. The summed E-state index contributed by atoms with van der Waals surface area (Å²) >= 11 is 1.64. The van der Waals surface area contributed by atoms with Crippen LogP contribution in [0.3, 0.4) is 0 Å². The van der Waals surface area contributed by atoms with E-state index in [0.29, 0.717) is 26.2 Å². The number of nitrogens with zero attached hydrogens (tertiary/aromatic N) is 1. The maximum Gasteiger partial charge on any atom is 0.241 e. The molecule has 0 saturated carbocycles. The van der Waals surface area contributed by atoms with Gasteiger partial charge in [0, 0.05) is 19.3 Å². The average molecular weight is 304 g/mol. The number of nitrogens with one attached hydrogen (secondary N) is 1. The zero-order chi connectivity index (χ0) is 14.9. The summed E-state index contributed by atoms with van der Waals surface area (Å²) in [7, 11) is 1.65. The van der Waals surface area contributed by atoms with Crippen LogP contribution >= 0.6 is 11.3 Å². The minimum absolute atomic E-state index is 0.0588. The Bertz CT molecular complexity index is 528. The Morgan fingerprint density at radius 3 is 2.76 bits per heavy atom. The summed E-state index contributed by atoms with van der Waals surface area (Å²) in [5.41, 5.74) is 2.07. The predicted octanol–water partition coefficient (Wildman–Crippen LogP) is 2.52. The fourth-order valence-corrected chi connectivity index (χ4v) is 2.62. The van der Waals surface area contributed by atoms with Gasteiger partial charge >= 0.3 is 0 Å². The molecule has 21 heavy (non-hydrogen) atoms. The summed E-state index contributed by atoms with van der Waals surface area (Å²) in [6.45, 7) is 2.17. The molecule has 2 rings (SSSR count). The molecule has 0 fully saturated rings. The number of carbonyl (C=O) groups excluding carboxylic acids is 1. The number of rotatable bonds is 8. The van der Waals surface area contributed by atoms with Crippen molar-refractivity contribution in [1.82, 2.24) is 5.32 Å². The lowest BCUT2D eigenvalue weighted by Gasteiger charge is -2.22. The average Bonchev–Trinajstić information content (AvgIpc) is 3.03. The van der Waals surface area contributed by atoms with Crippen LogP contribution in [0.2, 0.25) is 0 Å². The number of anilines is 1. The Kier molecular flexibility index (Phi) is 6.40. The number of carbonyl (C=O) groups is 1. The lowest BCUT2D eigenvalue weighted by atomic mass is 10.2. The van der Waals surface area contributed by atoms with Crippen molar-refractivity contribution in [2.24, 2.45) is 0 Å². The topological polar surface area (TPSA) is 41.6 Å². The van der Waals surface area contributed by atoms with Crippen molar-refractivity contribution in [1.29, 1.82) is 0 Å². The van der Waals surface area contributed by atoms with Crippen LogP contribution in [0.25, 0.3) is 0 Å². The van der Waals surface area contributed by atoms with Crippen LogP contribution in [-0.4, -0.2) is 32.7 Å². The van der Waals surface area contributed by atoms with Gasteiger partial charge in [-0.15, -0.1) is 0 Å². The van der Waals surface area contributed by atoms with Gasteiger partial charge in [-0.2, -0.15) is 11.3 Å². The summed E-state index contributed by atoms with van der Waals surface area (Å²) in [6.07, 6.45) is 0. The summed E-state index contributed by atoms with van der Waals surface area (Å²) in [4.78, 5) is 14.3. The highest BCUT2D eigenvalue weighted by Crippen LogP contribution is 2.18. The SMILES string of the molecule is COCCNCC(=O)N(Cc1ccsc1)c1ccccc1. The van der Waals surface area contributed by atoms with Crippen LogP contribution in [0.15, 0.2) is 47.2 Å². The molecule has 1 aromatic heterocycles. The van der Waals surface area contributed by atoms with E-state index in [9.17, 15) is 4.79 Å². The Balaban J connectivity index is 2.03. The predicted molar refractivity (Wildman–Crippen MR) is 86.7 cm³/mol. The molecule has 1 amide bonds. The van der Waals surface area contributed by atoms with Gasteiger partial charge < -0.3 is 15.0 Å². The highest BCUT2D eigenvalue weighted by molar-refractivity contribution is 7.07. The first-order valence-electron chi connectivity index (χ1n) is 6.87. The molecule has 1 aromatic carbocycles. The van der Waals surface area contributed by atoms with Crippen LogP contribution in [-0.2, 0) is 16.1 Å². The number of hydrogen-bond acceptors (Lipinski definition) is 4. The first kappa shape index (κ1) is 15.7. The van der Waals surface area contributed by atoms with Gasteiger partial charge in [-0.25, -0.2) is 0 Å². The van der Waals surface area contributed by atoms with E-state index < -0.39 is 0 Å². The first-order chi connectivity index (χ1) is 10.3. The second-order valence-corrected chi connectivity index (χ2v) is 5.40. The van der Waals surface area contributed by atoms with Crippen molar-refractivity contribution in [2.45, 2.75) is 6.54 Å². The molecular weight excluding hydrogens is 284 g/mol. The number of hydrogen-bond donors (Lipinski definition) is 1. The molecule has 5 heteroatoms. The van der Waals surface area contributed by atoms with Crippen molar-refractivity contribution < 1.29 is 9.53 Å². The number of ether oxygens (including phenoxy) is 1. The minimum Gasteiger partial charge on any atom is -0.383 e. The molecule has 1 heterocycles. The first-order valence-corrected chi connectivity index (χ1v) is 7.81. The van der Waals surface area contributed by atoms with Crippen molar-refractivity contribution in [3.05, 3.63) is 52.7 Å². The summed E-state index contributed by atoms with van der Waals surface area (Å²) in [5.74, 6) is 0.0588. The van der Waals surface area contributed by atoms with Crippen LogP contribution in [0.4, 0.5) is 5.69 Å². The minimum atomic E-state index is 0.0588. The maximum absolute atomic E-state index is 12.5. The number of thiophene rings is 1. The Hall–Kier alpha value is -1.69. The summed E-state index contributed by atoms with van der Waals surface area (Å²) < 4.78 is 4.97. The van der Waals surface area contributed by atoms with E-state index >= 15 is 0 Å². The number of methoxy groups -OCH3 is 1. The molecular formula is C16H20N2O2S.